The van der Waals surface area contributed by atoms with Gasteiger partial charge in [0.15, 0.2) is 0 Å². The first-order chi connectivity index (χ1) is 14.8. The molecule has 0 aromatic heterocycles. The van der Waals surface area contributed by atoms with E-state index in [-0.39, 0.29) is 24.4 Å². The number of halogens is 1. The van der Waals surface area contributed by atoms with Gasteiger partial charge in [0.25, 0.3) is 5.91 Å². The van der Waals surface area contributed by atoms with Crippen molar-refractivity contribution in [3.8, 4) is 5.75 Å². The molecule has 0 spiro atoms. The van der Waals surface area contributed by atoms with Gasteiger partial charge >= 0.3 is 6.03 Å². The van der Waals surface area contributed by atoms with Crippen LogP contribution in [0.5, 0.6) is 5.75 Å². The van der Waals surface area contributed by atoms with E-state index in [0.29, 0.717) is 22.8 Å². The molecule has 0 unspecified atom stereocenters. The van der Waals surface area contributed by atoms with Crippen LogP contribution < -0.4 is 14.4 Å². The van der Waals surface area contributed by atoms with Crippen molar-refractivity contribution in [3.63, 3.8) is 0 Å². The molecule has 0 aliphatic carbocycles. The molecule has 31 heavy (non-hydrogen) atoms. The van der Waals surface area contributed by atoms with Crippen molar-refractivity contribution in [2.45, 2.75) is 30.7 Å². The molecule has 2 aliphatic heterocycles. The van der Waals surface area contributed by atoms with Gasteiger partial charge in [-0.3, -0.25) is 4.79 Å². The smallest absolute Gasteiger partial charge is 0.332 e. The summed E-state index contributed by atoms with van der Waals surface area (Å²) in [6.45, 7) is 0.271. The summed E-state index contributed by atoms with van der Waals surface area (Å²) in [7, 11) is -2.14. The number of urea groups is 1. The maximum Gasteiger partial charge on any atom is 0.332 e. The van der Waals surface area contributed by atoms with Crippen LogP contribution in [-0.4, -0.2) is 51.0 Å². The Bertz CT molecular complexity index is 1110. The number of hydrogen-bond acceptors (Lipinski definition) is 5. The minimum absolute atomic E-state index is 0.141. The zero-order valence-corrected chi connectivity index (χ0v) is 18.4. The van der Waals surface area contributed by atoms with Crippen molar-refractivity contribution >= 4 is 39.2 Å². The summed E-state index contributed by atoms with van der Waals surface area (Å²) in [4.78, 5) is 28.6. The predicted octanol–water partition coefficient (Wildman–Crippen LogP) is 2.77. The van der Waals surface area contributed by atoms with Gasteiger partial charge in [0.2, 0.25) is 10.0 Å². The summed E-state index contributed by atoms with van der Waals surface area (Å²) in [5.41, 5.74) is 0.958. The summed E-state index contributed by atoms with van der Waals surface area (Å²) in [6, 6.07) is 12.0. The summed E-state index contributed by atoms with van der Waals surface area (Å²) in [5, 5.41) is 0.368. The van der Waals surface area contributed by atoms with Crippen molar-refractivity contribution in [1.29, 1.82) is 0 Å². The number of sulfonamides is 1. The molecule has 2 fully saturated rings. The predicted molar refractivity (Wildman–Crippen MR) is 117 cm³/mol. The number of imide groups is 1. The van der Waals surface area contributed by atoms with E-state index < -0.39 is 34.0 Å². The minimum Gasteiger partial charge on any atom is -0.495 e. The number of benzene rings is 2. The standard InChI is InChI=1S/C21H22ClN3O5S/c1-30-19-8-7-15(22)11-17(19)25-20(26)18-12-16(9-10-24(18)21(25)27)23-31(28,29)13-14-5-3-2-4-6-14/h2-8,11,16,18,23H,9-10,12-13H2,1H3/t16-,18-/m0/s1. The first-order valence-electron chi connectivity index (χ1n) is 9.81. The van der Waals surface area contributed by atoms with Gasteiger partial charge in [0.05, 0.1) is 18.6 Å². The van der Waals surface area contributed by atoms with E-state index in [1.54, 1.807) is 36.4 Å². The quantitative estimate of drug-likeness (QED) is 0.664. The second kappa shape index (κ2) is 8.49. The molecule has 4 rings (SSSR count). The van der Waals surface area contributed by atoms with E-state index in [4.69, 9.17) is 16.3 Å². The molecule has 2 atom stereocenters. The van der Waals surface area contributed by atoms with Crippen LogP contribution in [-0.2, 0) is 20.6 Å². The molecule has 2 aromatic carbocycles. The molecule has 2 heterocycles. The number of hydrogen-bond donors (Lipinski definition) is 1. The number of anilines is 1. The second-order valence-corrected chi connectivity index (χ2v) is 9.76. The highest BCUT2D eigenvalue weighted by Crippen LogP contribution is 2.37. The van der Waals surface area contributed by atoms with Crippen molar-refractivity contribution in [2.24, 2.45) is 0 Å². The van der Waals surface area contributed by atoms with E-state index in [9.17, 15) is 18.0 Å². The van der Waals surface area contributed by atoms with Crippen LogP contribution in [0.2, 0.25) is 5.02 Å². The third-order valence-corrected chi connectivity index (χ3v) is 7.11. The van der Waals surface area contributed by atoms with Crippen LogP contribution in [0.25, 0.3) is 0 Å². The first kappa shape index (κ1) is 21.6. The van der Waals surface area contributed by atoms with Crippen LogP contribution >= 0.6 is 11.6 Å². The number of methoxy groups -OCH3 is 1. The highest BCUT2D eigenvalue weighted by molar-refractivity contribution is 7.88. The van der Waals surface area contributed by atoms with Gasteiger partial charge in [0.1, 0.15) is 11.8 Å². The van der Waals surface area contributed by atoms with E-state index in [2.05, 4.69) is 4.72 Å². The van der Waals surface area contributed by atoms with Crippen molar-refractivity contribution in [1.82, 2.24) is 9.62 Å². The van der Waals surface area contributed by atoms with Crippen molar-refractivity contribution < 1.29 is 22.7 Å². The molecule has 2 aromatic rings. The third kappa shape index (κ3) is 4.39. The lowest BCUT2D eigenvalue weighted by Gasteiger charge is -2.32. The molecular formula is C21H22ClN3O5S. The Hall–Kier alpha value is -2.62. The third-order valence-electron chi connectivity index (χ3n) is 5.47. The molecule has 0 bridgehead atoms. The number of rotatable bonds is 6. The number of nitrogens with one attached hydrogen (secondary N) is 1. The van der Waals surface area contributed by atoms with Gasteiger partial charge in [-0.25, -0.2) is 22.8 Å². The zero-order chi connectivity index (χ0) is 22.2. The Morgan fingerprint density at radius 2 is 1.90 bits per heavy atom. The second-order valence-electron chi connectivity index (χ2n) is 7.57. The van der Waals surface area contributed by atoms with Gasteiger partial charge < -0.3 is 9.64 Å². The molecule has 8 nitrogen and oxygen atoms in total. The maximum atomic E-state index is 13.1. The molecule has 3 amide bonds. The largest absolute Gasteiger partial charge is 0.495 e. The lowest BCUT2D eigenvalue weighted by Crippen LogP contribution is -2.49. The maximum absolute atomic E-state index is 13.1. The number of fused-ring (bicyclic) bond motifs is 1. The summed E-state index contributed by atoms with van der Waals surface area (Å²) >= 11 is 6.07. The molecule has 10 heteroatoms. The normalized spacial score (nSPS) is 21.4. The van der Waals surface area contributed by atoms with Gasteiger partial charge in [-0.05, 0) is 36.6 Å². The van der Waals surface area contributed by atoms with Crippen LogP contribution in [0.3, 0.4) is 0 Å². The van der Waals surface area contributed by atoms with Crippen LogP contribution in [0.4, 0.5) is 10.5 Å². The zero-order valence-electron chi connectivity index (χ0n) is 16.8. The molecule has 0 radical (unpaired) electrons. The van der Waals surface area contributed by atoms with Gasteiger partial charge in [-0.1, -0.05) is 41.9 Å². The lowest BCUT2D eigenvalue weighted by molar-refractivity contribution is -0.120. The number of amides is 3. The molecule has 0 saturated carbocycles. The van der Waals surface area contributed by atoms with E-state index in [1.807, 2.05) is 6.07 Å². The monoisotopic (exact) mass is 463 g/mol. The Morgan fingerprint density at radius 1 is 1.16 bits per heavy atom. The van der Waals surface area contributed by atoms with Crippen molar-refractivity contribution in [3.05, 3.63) is 59.1 Å². The van der Waals surface area contributed by atoms with Crippen molar-refractivity contribution in [2.75, 3.05) is 18.6 Å². The van der Waals surface area contributed by atoms with Gasteiger partial charge in [-0.2, -0.15) is 0 Å². The summed E-state index contributed by atoms with van der Waals surface area (Å²) < 4.78 is 33.2. The average molecular weight is 464 g/mol. The Morgan fingerprint density at radius 3 is 2.61 bits per heavy atom. The summed E-state index contributed by atoms with van der Waals surface area (Å²) in [6.07, 6.45) is 0.627. The van der Waals surface area contributed by atoms with E-state index >= 15 is 0 Å². The number of carbonyl (C=O) groups excluding carboxylic acids is 2. The van der Waals surface area contributed by atoms with Gasteiger partial charge in [0, 0.05) is 17.6 Å². The Labute approximate surface area is 185 Å². The van der Waals surface area contributed by atoms with Crippen LogP contribution in [0.15, 0.2) is 48.5 Å². The number of ether oxygens (including phenoxy) is 1. The van der Waals surface area contributed by atoms with Gasteiger partial charge in [-0.15, -0.1) is 0 Å². The lowest BCUT2D eigenvalue weighted by atomic mass is 9.99. The number of nitrogens with zero attached hydrogens (tertiary/aromatic N) is 2. The topological polar surface area (TPSA) is 96.0 Å². The van der Waals surface area contributed by atoms with E-state index in [1.165, 1.54) is 18.1 Å². The molecule has 164 valence electrons. The van der Waals surface area contributed by atoms with Crippen LogP contribution in [0, 0.1) is 0 Å². The fourth-order valence-corrected chi connectivity index (χ4v) is 5.66. The molecular weight excluding hydrogens is 442 g/mol. The fourth-order valence-electron chi connectivity index (χ4n) is 4.06. The summed E-state index contributed by atoms with van der Waals surface area (Å²) in [5.74, 6) is -0.208. The highest BCUT2D eigenvalue weighted by Gasteiger charge is 2.49. The Kier molecular flexibility index (Phi) is 5.92. The molecule has 2 saturated heterocycles. The van der Waals surface area contributed by atoms with Crippen LogP contribution in [0.1, 0.15) is 18.4 Å². The average Bonchev–Trinajstić information content (AvgIpc) is 2.97. The van der Waals surface area contributed by atoms with E-state index in [0.717, 1.165) is 4.90 Å². The SMILES string of the molecule is COc1ccc(Cl)cc1N1C(=O)[C@@H]2C[C@@H](NS(=O)(=O)Cc3ccccc3)CCN2C1=O. The highest BCUT2D eigenvalue weighted by atomic mass is 35.5. The number of piperidine rings is 1. The minimum atomic E-state index is -3.59. The molecule has 2 aliphatic rings. The first-order valence-corrected chi connectivity index (χ1v) is 11.8. The fraction of sp³-hybridized carbons (Fsp3) is 0.333. The molecule has 1 N–H and O–H groups in total. The number of carbonyl (C=O) groups is 2. The Balaban J connectivity index is 1.50.